The third-order valence-corrected chi connectivity index (χ3v) is 4.08. The maximum absolute atomic E-state index is 12.0. The van der Waals surface area contributed by atoms with Crippen LogP contribution < -0.4 is 15.5 Å². The van der Waals surface area contributed by atoms with E-state index in [1.807, 2.05) is 31.3 Å². The number of carbonyl (C=O) groups is 1. The summed E-state index contributed by atoms with van der Waals surface area (Å²) < 4.78 is 1.79. The summed E-state index contributed by atoms with van der Waals surface area (Å²) in [6.07, 6.45) is 9.05. The quantitative estimate of drug-likeness (QED) is 0.884. The lowest BCUT2D eigenvalue weighted by Gasteiger charge is -2.27. The topological polar surface area (TPSA) is 75.1 Å². The summed E-state index contributed by atoms with van der Waals surface area (Å²) in [5, 5.41) is 9.85. The molecule has 0 aliphatic carbocycles. The van der Waals surface area contributed by atoms with E-state index in [4.69, 9.17) is 0 Å². The summed E-state index contributed by atoms with van der Waals surface area (Å²) in [7, 11) is 0. The molecule has 7 nitrogen and oxygen atoms in total. The zero-order valence-electron chi connectivity index (χ0n) is 14.0. The number of nitrogens with one attached hydrogen (secondary N) is 2. The van der Waals surface area contributed by atoms with E-state index in [1.54, 1.807) is 17.1 Å². The van der Waals surface area contributed by atoms with Gasteiger partial charge in [-0.05, 0) is 44.4 Å². The maximum atomic E-state index is 12.0. The number of carbonyl (C=O) groups excluding carboxylic acids is 1. The number of nitrogens with zero attached hydrogens (tertiary/aromatic N) is 4. The van der Waals surface area contributed by atoms with Gasteiger partial charge < -0.3 is 15.5 Å². The van der Waals surface area contributed by atoms with Gasteiger partial charge in [0.25, 0.3) is 0 Å². The van der Waals surface area contributed by atoms with Crippen molar-refractivity contribution in [1.29, 1.82) is 0 Å². The van der Waals surface area contributed by atoms with Crippen molar-refractivity contribution in [2.45, 2.75) is 38.8 Å². The van der Waals surface area contributed by atoms with Crippen LogP contribution in [0.15, 0.2) is 36.8 Å². The molecule has 2 aromatic rings. The SMILES string of the molecule is C[C@H](Cn1cccn1)NC(=O)Nc1ccc(N2CCCCC2)nc1. The molecule has 1 saturated heterocycles. The number of amides is 2. The zero-order valence-corrected chi connectivity index (χ0v) is 14.0. The number of urea groups is 1. The molecule has 1 aliphatic heterocycles. The van der Waals surface area contributed by atoms with Crippen molar-refractivity contribution in [3.05, 3.63) is 36.8 Å². The van der Waals surface area contributed by atoms with E-state index in [2.05, 4.69) is 25.6 Å². The first-order chi connectivity index (χ1) is 11.7. The van der Waals surface area contributed by atoms with Crippen LogP contribution in [0, 0.1) is 0 Å². The summed E-state index contributed by atoms with van der Waals surface area (Å²) in [5.74, 6) is 0.979. The lowest BCUT2D eigenvalue weighted by atomic mass is 10.1. The monoisotopic (exact) mass is 328 g/mol. The molecule has 128 valence electrons. The number of hydrogen-bond acceptors (Lipinski definition) is 4. The van der Waals surface area contributed by atoms with Gasteiger partial charge in [-0.3, -0.25) is 4.68 Å². The van der Waals surface area contributed by atoms with Crippen molar-refractivity contribution in [2.24, 2.45) is 0 Å². The molecule has 24 heavy (non-hydrogen) atoms. The maximum Gasteiger partial charge on any atom is 0.319 e. The Morgan fingerprint density at radius 3 is 2.79 bits per heavy atom. The van der Waals surface area contributed by atoms with Crippen LogP contribution in [0.4, 0.5) is 16.3 Å². The molecular formula is C17H24N6O. The number of rotatable bonds is 5. The van der Waals surface area contributed by atoms with Gasteiger partial charge in [-0.15, -0.1) is 0 Å². The first-order valence-electron chi connectivity index (χ1n) is 8.46. The highest BCUT2D eigenvalue weighted by Gasteiger charge is 2.12. The largest absolute Gasteiger partial charge is 0.357 e. The molecule has 0 spiro atoms. The molecule has 2 amide bonds. The van der Waals surface area contributed by atoms with E-state index >= 15 is 0 Å². The van der Waals surface area contributed by atoms with E-state index in [0.29, 0.717) is 12.2 Å². The number of anilines is 2. The van der Waals surface area contributed by atoms with Crippen LogP contribution in [0.1, 0.15) is 26.2 Å². The van der Waals surface area contributed by atoms with Gasteiger partial charge in [0.1, 0.15) is 5.82 Å². The van der Waals surface area contributed by atoms with Gasteiger partial charge in [0.05, 0.1) is 18.4 Å². The van der Waals surface area contributed by atoms with Crippen molar-refractivity contribution in [3.63, 3.8) is 0 Å². The van der Waals surface area contributed by atoms with Crippen molar-refractivity contribution < 1.29 is 4.79 Å². The predicted octanol–water partition coefficient (Wildman–Crippen LogP) is 2.48. The summed E-state index contributed by atoms with van der Waals surface area (Å²) in [6, 6.07) is 5.47. The number of hydrogen-bond donors (Lipinski definition) is 2. The summed E-state index contributed by atoms with van der Waals surface area (Å²) >= 11 is 0. The first-order valence-corrected chi connectivity index (χ1v) is 8.46. The Balaban J connectivity index is 1.48. The van der Waals surface area contributed by atoms with Gasteiger partial charge in [0, 0.05) is 31.5 Å². The lowest BCUT2D eigenvalue weighted by Crippen LogP contribution is -2.38. The van der Waals surface area contributed by atoms with Crippen LogP contribution in [-0.4, -0.2) is 39.9 Å². The van der Waals surface area contributed by atoms with Crippen LogP contribution in [0.3, 0.4) is 0 Å². The molecule has 2 N–H and O–H groups in total. The van der Waals surface area contributed by atoms with Crippen molar-refractivity contribution >= 4 is 17.5 Å². The van der Waals surface area contributed by atoms with Gasteiger partial charge in [0.15, 0.2) is 0 Å². The second-order valence-corrected chi connectivity index (χ2v) is 6.18. The lowest BCUT2D eigenvalue weighted by molar-refractivity contribution is 0.247. The van der Waals surface area contributed by atoms with Crippen LogP contribution in [0.2, 0.25) is 0 Å². The van der Waals surface area contributed by atoms with Crippen LogP contribution in [0.5, 0.6) is 0 Å². The van der Waals surface area contributed by atoms with Gasteiger partial charge in [-0.25, -0.2) is 9.78 Å². The Bertz CT molecular complexity index is 634. The predicted molar refractivity (Wildman–Crippen MR) is 94.1 cm³/mol. The second kappa shape index (κ2) is 7.81. The Labute approximate surface area is 142 Å². The van der Waals surface area contributed by atoms with Gasteiger partial charge in [0.2, 0.25) is 0 Å². The highest BCUT2D eigenvalue weighted by atomic mass is 16.2. The molecule has 0 bridgehead atoms. The van der Waals surface area contributed by atoms with Gasteiger partial charge in [-0.2, -0.15) is 5.10 Å². The number of pyridine rings is 1. The summed E-state index contributed by atoms with van der Waals surface area (Å²) in [5.41, 5.74) is 0.694. The summed E-state index contributed by atoms with van der Waals surface area (Å²) in [6.45, 7) is 4.70. The van der Waals surface area contributed by atoms with Gasteiger partial charge >= 0.3 is 6.03 Å². The minimum Gasteiger partial charge on any atom is -0.357 e. The van der Waals surface area contributed by atoms with E-state index in [0.717, 1.165) is 18.9 Å². The molecule has 0 aromatic carbocycles. The molecule has 3 heterocycles. The molecule has 1 fully saturated rings. The second-order valence-electron chi connectivity index (χ2n) is 6.18. The Morgan fingerprint density at radius 2 is 2.12 bits per heavy atom. The number of piperidine rings is 1. The molecule has 3 rings (SSSR count). The Kier molecular flexibility index (Phi) is 5.30. The Morgan fingerprint density at radius 1 is 1.29 bits per heavy atom. The van der Waals surface area contributed by atoms with E-state index in [1.165, 1.54) is 19.3 Å². The van der Waals surface area contributed by atoms with Crippen LogP contribution >= 0.6 is 0 Å². The molecule has 0 saturated carbocycles. The highest BCUT2D eigenvalue weighted by molar-refractivity contribution is 5.89. The standard InChI is InChI=1S/C17H24N6O/c1-14(13-23-11-5-8-19-23)20-17(24)21-15-6-7-16(18-12-15)22-9-3-2-4-10-22/h5-8,11-12,14H,2-4,9-10,13H2,1H3,(H2,20,21,24)/t14-/m1/s1. The molecule has 7 heteroatoms. The normalized spacial score (nSPS) is 15.8. The molecule has 0 radical (unpaired) electrons. The minimum absolute atomic E-state index is 0.0227. The molecular weight excluding hydrogens is 304 g/mol. The highest BCUT2D eigenvalue weighted by Crippen LogP contribution is 2.18. The fraction of sp³-hybridized carbons (Fsp3) is 0.471. The molecule has 1 atom stereocenters. The summed E-state index contributed by atoms with van der Waals surface area (Å²) in [4.78, 5) is 18.8. The zero-order chi connectivity index (χ0) is 16.8. The smallest absolute Gasteiger partial charge is 0.319 e. The van der Waals surface area contributed by atoms with E-state index in [9.17, 15) is 4.79 Å². The third-order valence-electron chi connectivity index (χ3n) is 4.08. The van der Waals surface area contributed by atoms with Crippen LogP contribution in [-0.2, 0) is 6.54 Å². The first kappa shape index (κ1) is 16.3. The Hall–Kier alpha value is -2.57. The number of aromatic nitrogens is 3. The fourth-order valence-corrected chi connectivity index (χ4v) is 2.90. The molecule has 1 aliphatic rings. The van der Waals surface area contributed by atoms with Crippen molar-refractivity contribution in [2.75, 3.05) is 23.3 Å². The fourth-order valence-electron chi connectivity index (χ4n) is 2.90. The average Bonchev–Trinajstić information content (AvgIpc) is 3.09. The van der Waals surface area contributed by atoms with E-state index < -0.39 is 0 Å². The van der Waals surface area contributed by atoms with Crippen molar-refractivity contribution in [3.8, 4) is 0 Å². The minimum atomic E-state index is -0.234. The molecule has 2 aromatic heterocycles. The third kappa shape index (κ3) is 4.47. The van der Waals surface area contributed by atoms with E-state index in [-0.39, 0.29) is 12.1 Å². The van der Waals surface area contributed by atoms with Gasteiger partial charge in [-0.1, -0.05) is 0 Å². The van der Waals surface area contributed by atoms with Crippen molar-refractivity contribution in [1.82, 2.24) is 20.1 Å². The average molecular weight is 328 g/mol. The molecule has 0 unspecified atom stereocenters. The van der Waals surface area contributed by atoms with Crippen LogP contribution in [0.25, 0.3) is 0 Å².